The number of carboxylic acid groups (broad SMARTS) is 1. The summed E-state index contributed by atoms with van der Waals surface area (Å²) in [5.74, 6) is 0.196. The molecule has 1 aliphatic heterocycles. The van der Waals surface area contributed by atoms with E-state index in [9.17, 15) is 14.4 Å². The van der Waals surface area contributed by atoms with Gasteiger partial charge in [-0.25, -0.2) is 9.78 Å². The number of nitrogens with zero attached hydrogens (tertiary/aromatic N) is 3. The van der Waals surface area contributed by atoms with Crippen molar-refractivity contribution in [2.24, 2.45) is 17.8 Å². The van der Waals surface area contributed by atoms with E-state index in [0.29, 0.717) is 48.5 Å². The fourth-order valence-corrected chi connectivity index (χ4v) is 4.72. The number of piperidine rings is 1. The van der Waals surface area contributed by atoms with E-state index < -0.39 is 5.97 Å². The summed E-state index contributed by atoms with van der Waals surface area (Å²) < 4.78 is 1.82. The fraction of sp³-hybridized carbons (Fsp3) is 0.304. The zero-order chi connectivity index (χ0) is 21.5. The second kappa shape index (κ2) is 7.54. The smallest absolute Gasteiger partial charge is 0.335 e. The monoisotopic (exact) mass is 418 g/mol. The highest BCUT2D eigenvalue weighted by molar-refractivity contribution is 5.97. The Morgan fingerprint density at radius 3 is 2.61 bits per heavy atom. The van der Waals surface area contributed by atoms with Gasteiger partial charge in [-0.3, -0.25) is 9.59 Å². The lowest BCUT2D eigenvalue weighted by atomic mass is 10.1. The first kappa shape index (κ1) is 19.3. The summed E-state index contributed by atoms with van der Waals surface area (Å²) in [5.41, 5.74) is 1.94. The number of imidazole rings is 1. The minimum atomic E-state index is -1.04. The van der Waals surface area contributed by atoms with E-state index in [1.165, 1.54) is 12.1 Å². The van der Waals surface area contributed by atoms with Crippen molar-refractivity contribution < 1.29 is 19.5 Å². The van der Waals surface area contributed by atoms with Crippen LogP contribution >= 0.6 is 0 Å². The predicted molar refractivity (Wildman–Crippen MR) is 112 cm³/mol. The Kier molecular flexibility index (Phi) is 4.69. The van der Waals surface area contributed by atoms with Gasteiger partial charge in [-0.2, -0.15) is 0 Å². The van der Waals surface area contributed by atoms with E-state index in [1.807, 2.05) is 21.6 Å². The molecule has 2 aliphatic rings. The van der Waals surface area contributed by atoms with Gasteiger partial charge in [0.25, 0.3) is 11.8 Å². The standard InChI is InChI=1S/C23H22N4O4/c28-21(16-4-5-20-24-8-9-26(20)11-16)25-7-6-17-18-12-27(13-19(17)18)22(29)14-2-1-3-15(10-14)23(30)31/h1-5,8-11,17-19H,6-7,12-13H2,(H,25,28)(H,30,31). The zero-order valence-corrected chi connectivity index (χ0v) is 16.8. The third kappa shape index (κ3) is 3.65. The Morgan fingerprint density at radius 1 is 1.06 bits per heavy atom. The van der Waals surface area contributed by atoms with Crippen LogP contribution in [0.5, 0.6) is 0 Å². The topological polar surface area (TPSA) is 104 Å². The van der Waals surface area contributed by atoms with Crippen LogP contribution in [-0.4, -0.2) is 56.8 Å². The molecule has 0 radical (unpaired) electrons. The number of aromatic carboxylic acids is 1. The zero-order valence-electron chi connectivity index (χ0n) is 16.8. The first-order chi connectivity index (χ1) is 15.0. The molecule has 8 nitrogen and oxygen atoms in total. The lowest BCUT2D eigenvalue weighted by Gasteiger charge is -2.20. The van der Waals surface area contributed by atoms with Crippen LogP contribution in [0.15, 0.2) is 55.0 Å². The van der Waals surface area contributed by atoms with E-state index in [4.69, 9.17) is 5.11 Å². The molecule has 1 aromatic carbocycles. The van der Waals surface area contributed by atoms with E-state index in [0.717, 1.165) is 12.1 Å². The van der Waals surface area contributed by atoms with Gasteiger partial charge >= 0.3 is 5.97 Å². The van der Waals surface area contributed by atoms with Crippen LogP contribution in [-0.2, 0) is 0 Å². The van der Waals surface area contributed by atoms with E-state index in [1.54, 1.807) is 30.6 Å². The van der Waals surface area contributed by atoms with Gasteiger partial charge in [0.05, 0.1) is 11.1 Å². The number of pyridine rings is 1. The SMILES string of the molecule is O=C(O)c1cccc(C(=O)N2CC3C(CCNC(=O)c4ccc5nccn5c4)C3C2)c1. The molecule has 2 fully saturated rings. The van der Waals surface area contributed by atoms with Crippen LogP contribution in [0.2, 0.25) is 0 Å². The molecule has 31 heavy (non-hydrogen) atoms. The second-order valence-corrected chi connectivity index (χ2v) is 8.24. The summed E-state index contributed by atoms with van der Waals surface area (Å²) >= 11 is 0. The van der Waals surface area contributed by atoms with Crippen molar-refractivity contribution in [1.29, 1.82) is 0 Å². The highest BCUT2D eigenvalue weighted by Crippen LogP contribution is 2.53. The van der Waals surface area contributed by atoms with E-state index >= 15 is 0 Å². The van der Waals surface area contributed by atoms with Crippen molar-refractivity contribution in [3.63, 3.8) is 0 Å². The summed E-state index contributed by atoms with van der Waals surface area (Å²) in [6.07, 6.45) is 6.17. The number of fused-ring (bicyclic) bond motifs is 2. The Labute approximate surface area is 178 Å². The van der Waals surface area contributed by atoms with E-state index in [-0.39, 0.29) is 17.4 Å². The number of carboxylic acids is 1. The van der Waals surface area contributed by atoms with Crippen molar-refractivity contribution in [1.82, 2.24) is 19.6 Å². The maximum absolute atomic E-state index is 12.7. The van der Waals surface area contributed by atoms with Crippen molar-refractivity contribution in [2.45, 2.75) is 6.42 Å². The average molecular weight is 418 g/mol. The fourth-order valence-electron chi connectivity index (χ4n) is 4.72. The van der Waals surface area contributed by atoms with Gasteiger partial charge in [-0.15, -0.1) is 0 Å². The van der Waals surface area contributed by atoms with Gasteiger partial charge in [-0.05, 0) is 54.5 Å². The number of carbonyl (C=O) groups is 3. The molecule has 1 saturated heterocycles. The molecule has 2 amide bonds. The molecule has 3 aromatic rings. The normalized spacial score (nSPS) is 21.7. The van der Waals surface area contributed by atoms with Gasteiger partial charge in [0.15, 0.2) is 0 Å². The average Bonchev–Trinajstić information content (AvgIpc) is 3.15. The van der Waals surface area contributed by atoms with Crippen LogP contribution in [0.4, 0.5) is 0 Å². The molecule has 1 saturated carbocycles. The summed E-state index contributed by atoms with van der Waals surface area (Å²) in [6.45, 7) is 1.99. The minimum absolute atomic E-state index is 0.100. The summed E-state index contributed by atoms with van der Waals surface area (Å²) in [5, 5.41) is 12.1. The Balaban J connectivity index is 1.10. The molecule has 2 N–H and O–H groups in total. The predicted octanol–water partition coefficient (Wildman–Crippen LogP) is 2.17. The number of amides is 2. The number of benzene rings is 1. The van der Waals surface area contributed by atoms with Crippen LogP contribution in [0.1, 0.15) is 37.5 Å². The Hall–Kier alpha value is -3.68. The van der Waals surface area contributed by atoms with Crippen LogP contribution in [0.3, 0.4) is 0 Å². The molecule has 1 aliphatic carbocycles. The molecule has 0 bridgehead atoms. The van der Waals surface area contributed by atoms with Gasteiger partial charge in [0.1, 0.15) is 5.65 Å². The first-order valence-electron chi connectivity index (χ1n) is 10.3. The summed E-state index contributed by atoms with van der Waals surface area (Å²) in [6, 6.07) is 9.77. The lowest BCUT2D eigenvalue weighted by Crippen LogP contribution is -2.32. The number of rotatable bonds is 6. The highest BCUT2D eigenvalue weighted by atomic mass is 16.4. The third-order valence-corrected chi connectivity index (χ3v) is 6.43. The van der Waals surface area contributed by atoms with Gasteiger partial charge in [-0.1, -0.05) is 6.07 Å². The van der Waals surface area contributed by atoms with Gasteiger partial charge in [0, 0.05) is 43.8 Å². The number of nitrogens with one attached hydrogen (secondary N) is 1. The molecule has 8 heteroatoms. The maximum Gasteiger partial charge on any atom is 0.335 e. The summed E-state index contributed by atoms with van der Waals surface area (Å²) in [4.78, 5) is 42.2. The second-order valence-electron chi connectivity index (χ2n) is 8.24. The van der Waals surface area contributed by atoms with Gasteiger partial charge < -0.3 is 19.7 Å². The molecule has 2 unspecified atom stereocenters. The molecule has 158 valence electrons. The number of hydrogen-bond acceptors (Lipinski definition) is 4. The molecule has 5 rings (SSSR count). The first-order valence-corrected chi connectivity index (χ1v) is 10.3. The Morgan fingerprint density at radius 2 is 1.84 bits per heavy atom. The quantitative estimate of drug-likeness (QED) is 0.639. The molecule has 2 aromatic heterocycles. The van der Waals surface area contributed by atoms with Crippen molar-refractivity contribution in [3.8, 4) is 0 Å². The minimum Gasteiger partial charge on any atom is -0.478 e. The van der Waals surface area contributed by atoms with E-state index in [2.05, 4.69) is 10.3 Å². The van der Waals surface area contributed by atoms with Crippen LogP contribution < -0.4 is 5.32 Å². The van der Waals surface area contributed by atoms with Crippen LogP contribution in [0, 0.1) is 17.8 Å². The number of aromatic nitrogens is 2. The molecular weight excluding hydrogens is 396 g/mol. The van der Waals surface area contributed by atoms with Gasteiger partial charge in [0.2, 0.25) is 0 Å². The molecule has 2 atom stereocenters. The van der Waals surface area contributed by atoms with Crippen molar-refractivity contribution in [3.05, 3.63) is 71.7 Å². The van der Waals surface area contributed by atoms with Crippen molar-refractivity contribution >= 4 is 23.4 Å². The highest BCUT2D eigenvalue weighted by Gasteiger charge is 2.55. The number of likely N-dealkylation sites (tertiary alicyclic amines) is 1. The molecule has 0 spiro atoms. The Bertz CT molecular complexity index is 1180. The number of hydrogen-bond donors (Lipinski definition) is 2. The molecular formula is C23H22N4O4. The van der Waals surface area contributed by atoms with Crippen LogP contribution in [0.25, 0.3) is 5.65 Å². The third-order valence-electron chi connectivity index (χ3n) is 6.43. The maximum atomic E-state index is 12.7. The molecule has 3 heterocycles. The lowest BCUT2D eigenvalue weighted by molar-refractivity contribution is 0.0696. The number of carbonyl (C=O) groups excluding carboxylic acids is 2. The van der Waals surface area contributed by atoms with Crippen molar-refractivity contribution in [2.75, 3.05) is 19.6 Å². The largest absolute Gasteiger partial charge is 0.478 e. The summed E-state index contributed by atoms with van der Waals surface area (Å²) in [7, 11) is 0.